The van der Waals surface area contributed by atoms with E-state index in [0.29, 0.717) is 0 Å². The molecular formula is C16H23N3O. The number of nitrogens with one attached hydrogen (secondary N) is 1. The number of aryl methyl sites for hydroxylation is 3. The van der Waals surface area contributed by atoms with Gasteiger partial charge >= 0.3 is 0 Å². The second kappa shape index (κ2) is 6.57. The molecule has 108 valence electrons. The van der Waals surface area contributed by atoms with Crippen LogP contribution < -0.4 is 10.1 Å². The molecule has 0 saturated heterocycles. The minimum Gasteiger partial charge on any atom is -0.496 e. The van der Waals surface area contributed by atoms with Crippen LogP contribution in [0.25, 0.3) is 0 Å². The van der Waals surface area contributed by atoms with Crippen LogP contribution >= 0.6 is 0 Å². The van der Waals surface area contributed by atoms with Crippen LogP contribution in [0.5, 0.6) is 5.75 Å². The summed E-state index contributed by atoms with van der Waals surface area (Å²) < 4.78 is 7.42. The first kappa shape index (κ1) is 14.6. The van der Waals surface area contributed by atoms with Crippen LogP contribution in [0.4, 0.5) is 0 Å². The Labute approximate surface area is 120 Å². The topological polar surface area (TPSA) is 39.1 Å². The van der Waals surface area contributed by atoms with Gasteiger partial charge in [0.25, 0.3) is 0 Å². The van der Waals surface area contributed by atoms with E-state index in [0.717, 1.165) is 18.6 Å². The lowest BCUT2D eigenvalue weighted by molar-refractivity contribution is 0.398. The molecular weight excluding hydrogens is 250 g/mol. The maximum atomic E-state index is 5.49. The number of ether oxygens (including phenoxy) is 1. The number of rotatable bonds is 6. The maximum absolute atomic E-state index is 5.49. The van der Waals surface area contributed by atoms with Crippen molar-refractivity contribution in [3.63, 3.8) is 0 Å². The fourth-order valence-electron chi connectivity index (χ4n) is 2.52. The summed E-state index contributed by atoms with van der Waals surface area (Å²) in [6.45, 7) is 2.11. The number of nitrogens with zero attached hydrogens (tertiary/aromatic N) is 2. The van der Waals surface area contributed by atoms with Crippen molar-refractivity contribution < 1.29 is 4.74 Å². The van der Waals surface area contributed by atoms with Gasteiger partial charge in [-0.2, -0.15) is 5.10 Å². The van der Waals surface area contributed by atoms with E-state index in [4.69, 9.17) is 4.74 Å². The van der Waals surface area contributed by atoms with Gasteiger partial charge in [-0.25, -0.2) is 0 Å². The monoisotopic (exact) mass is 273 g/mol. The van der Waals surface area contributed by atoms with Gasteiger partial charge in [0.15, 0.2) is 0 Å². The van der Waals surface area contributed by atoms with Crippen LogP contribution in [-0.2, 0) is 13.5 Å². The number of benzene rings is 1. The maximum Gasteiger partial charge on any atom is 0.123 e. The lowest BCUT2D eigenvalue weighted by atomic mass is 9.98. The third-order valence-corrected chi connectivity index (χ3v) is 3.72. The van der Waals surface area contributed by atoms with Crippen LogP contribution in [0.2, 0.25) is 0 Å². The normalized spacial score (nSPS) is 12.4. The third kappa shape index (κ3) is 3.20. The second-order valence-electron chi connectivity index (χ2n) is 5.07. The van der Waals surface area contributed by atoms with Gasteiger partial charge in [-0.3, -0.25) is 4.68 Å². The van der Waals surface area contributed by atoms with Crippen LogP contribution in [0.3, 0.4) is 0 Å². The molecule has 0 amide bonds. The molecule has 0 saturated carbocycles. The molecule has 4 heteroatoms. The van der Waals surface area contributed by atoms with Crippen LogP contribution in [-0.4, -0.2) is 23.9 Å². The van der Waals surface area contributed by atoms with E-state index in [2.05, 4.69) is 35.5 Å². The first-order valence-corrected chi connectivity index (χ1v) is 6.94. The predicted molar refractivity (Wildman–Crippen MR) is 81.1 cm³/mol. The molecule has 2 rings (SSSR count). The van der Waals surface area contributed by atoms with Gasteiger partial charge in [0.2, 0.25) is 0 Å². The Balaban J connectivity index is 2.16. The third-order valence-electron chi connectivity index (χ3n) is 3.72. The molecule has 1 aromatic heterocycles. The summed E-state index contributed by atoms with van der Waals surface area (Å²) in [5, 5.41) is 7.61. The average molecular weight is 273 g/mol. The highest BCUT2D eigenvalue weighted by atomic mass is 16.5. The van der Waals surface area contributed by atoms with Gasteiger partial charge in [-0.05, 0) is 38.9 Å². The highest BCUT2D eigenvalue weighted by molar-refractivity contribution is 5.39. The highest BCUT2D eigenvalue weighted by Crippen LogP contribution is 2.29. The highest BCUT2D eigenvalue weighted by Gasteiger charge is 2.15. The van der Waals surface area contributed by atoms with Crippen molar-refractivity contribution in [1.29, 1.82) is 0 Å². The van der Waals surface area contributed by atoms with Crippen molar-refractivity contribution >= 4 is 0 Å². The van der Waals surface area contributed by atoms with Gasteiger partial charge in [0.05, 0.1) is 7.11 Å². The Bertz CT molecular complexity index is 563. The summed E-state index contributed by atoms with van der Waals surface area (Å²) in [4.78, 5) is 0. The van der Waals surface area contributed by atoms with Gasteiger partial charge in [0, 0.05) is 30.5 Å². The molecule has 1 aromatic carbocycles. The van der Waals surface area contributed by atoms with Gasteiger partial charge < -0.3 is 10.1 Å². The minimum atomic E-state index is 0.278. The number of hydrogen-bond acceptors (Lipinski definition) is 3. The fraction of sp³-hybridized carbons (Fsp3) is 0.438. The van der Waals surface area contributed by atoms with E-state index in [1.165, 1.54) is 16.8 Å². The van der Waals surface area contributed by atoms with E-state index < -0.39 is 0 Å². The summed E-state index contributed by atoms with van der Waals surface area (Å²) in [5.41, 5.74) is 3.72. The first-order chi connectivity index (χ1) is 9.65. The van der Waals surface area contributed by atoms with Crippen molar-refractivity contribution in [1.82, 2.24) is 15.1 Å². The molecule has 20 heavy (non-hydrogen) atoms. The quantitative estimate of drug-likeness (QED) is 0.879. The summed E-state index contributed by atoms with van der Waals surface area (Å²) in [5.74, 6) is 0.944. The lowest BCUT2D eigenvalue weighted by Gasteiger charge is -2.20. The molecule has 0 bridgehead atoms. The molecule has 0 fully saturated rings. The molecule has 0 aliphatic carbocycles. The summed E-state index contributed by atoms with van der Waals surface area (Å²) >= 11 is 0. The zero-order chi connectivity index (χ0) is 14.5. The number of methoxy groups -OCH3 is 1. The zero-order valence-electron chi connectivity index (χ0n) is 12.7. The van der Waals surface area contributed by atoms with Crippen LogP contribution in [0.15, 0.2) is 30.5 Å². The van der Waals surface area contributed by atoms with Crippen LogP contribution in [0.1, 0.15) is 29.3 Å². The van der Waals surface area contributed by atoms with E-state index in [-0.39, 0.29) is 6.04 Å². The lowest BCUT2D eigenvalue weighted by Crippen LogP contribution is -2.18. The average Bonchev–Trinajstić information content (AvgIpc) is 2.85. The molecule has 2 aromatic rings. The Hall–Kier alpha value is -1.81. The molecule has 1 heterocycles. The molecule has 1 N–H and O–H groups in total. The van der Waals surface area contributed by atoms with Crippen molar-refractivity contribution in [2.75, 3.05) is 14.2 Å². The van der Waals surface area contributed by atoms with E-state index in [1.54, 1.807) is 7.11 Å². The SMILES string of the molecule is CNC(CCc1ccnn1C)c1cc(C)ccc1OC. The molecule has 0 aliphatic heterocycles. The Morgan fingerprint density at radius 1 is 1.35 bits per heavy atom. The zero-order valence-corrected chi connectivity index (χ0v) is 12.7. The van der Waals surface area contributed by atoms with Gasteiger partial charge in [-0.15, -0.1) is 0 Å². The Morgan fingerprint density at radius 2 is 2.15 bits per heavy atom. The van der Waals surface area contributed by atoms with Crippen molar-refractivity contribution in [2.45, 2.75) is 25.8 Å². The standard InChI is InChI=1S/C16H23N3O/c1-12-5-8-16(20-4)14(11-12)15(17-2)7-6-13-9-10-18-19(13)3/h5,8-11,15,17H,6-7H2,1-4H3. The summed E-state index contributed by atoms with van der Waals surface area (Å²) in [7, 11) is 5.70. The minimum absolute atomic E-state index is 0.278. The fourth-order valence-corrected chi connectivity index (χ4v) is 2.52. The largest absolute Gasteiger partial charge is 0.496 e. The molecule has 1 unspecified atom stereocenters. The van der Waals surface area contributed by atoms with E-state index >= 15 is 0 Å². The Morgan fingerprint density at radius 3 is 2.75 bits per heavy atom. The van der Waals surface area contributed by atoms with Crippen molar-refractivity contribution in [3.8, 4) is 5.75 Å². The van der Waals surface area contributed by atoms with Crippen molar-refractivity contribution in [2.24, 2.45) is 7.05 Å². The van der Waals surface area contributed by atoms with Crippen LogP contribution in [0, 0.1) is 6.92 Å². The summed E-state index contributed by atoms with van der Waals surface area (Å²) in [6.07, 6.45) is 3.84. The molecule has 0 aliphatic rings. The second-order valence-corrected chi connectivity index (χ2v) is 5.07. The van der Waals surface area contributed by atoms with E-state index in [1.807, 2.05) is 31.0 Å². The van der Waals surface area contributed by atoms with Gasteiger partial charge in [-0.1, -0.05) is 17.7 Å². The first-order valence-electron chi connectivity index (χ1n) is 6.94. The van der Waals surface area contributed by atoms with Crippen molar-refractivity contribution in [3.05, 3.63) is 47.3 Å². The molecule has 0 spiro atoms. The smallest absolute Gasteiger partial charge is 0.123 e. The Kier molecular flexibility index (Phi) is 4.79. The number of aromatic nitrogens is 2. The number of hydrogen-bond donors (Lipinski definition) is 1. The van der Waals surface area contributed by atoms with Gasteiger partial charge in [0.1, 0.15) is 5.75 Å². The molecule has 4 nitrogen and oxygen atoms in total. The molecule has 1 atom stereocenters. The molecule has 0 radical (unpaired) electrons. The predicted octanol–water partition coefficient (Wildman–Crippen LogP) is 2.63. The van der Waals surface area contributed by atoms with E-state index in [9.17, 15) is 0 Å². The summed E-state index contributed by atoms with van der Waals surface area (Å²) in [6, 6.07) is 8.67.